The average Bonchev–Trinajstić information content (AvgIpc) is 2.77. The maximum absolute atomic E-state index is 11.2. The Kier molecular flexibility index (Phi) is 5.32. The SMILES string of the molecule is C[C@H](CCCO)[C@](O)(CC1OCCO1)C(=O)O. The lowest BCUT2D eigenvalue weighted by atomic mass is 9.82. The summed E-state index contributed by atoms with van der Waals surface area (Å²) in [4.78, 5) is 11.2. The Bertz CT molecular complexity index is 250. The van der Waals surface area contributed by atoms with Gasteiger partial charge in [-0.1, -0.05) is 6.92 Å². The predicted molar refractivity (Wildman–Crippen MR) is 58.4 cm³/mol. The first-order chi connectivity index (χ1) is 8.00. The first-order valence-electron chi connectivity index (χ1n) is 5.80. The molecule has 0 aromatic carbocycles. The summed E-state index contributed by atoms with van der Waals surface area (Å²) in [5, 5.41) is 28.1. The average molecular weight is 248 g/mol. The summed E-state index contributed by atoms with van der Waals surface area (Å²) < 4.78 is 10.3. The number of aliphatic carboxylic acids is 1. The fraction of sp³-hybridized carbons (Fsp3) is 0.909. The Morgan fingerprint density at radius 1 is 1.47 bits per heavy atom. The maximum atomic E-state index is 11.2. The van der Waals surface area contributed by atoms with Crippen molar-refractivity contribution in [3.8, 4) is 0 Å². The van der Waals surface area contributed by atoms with Gasteiger partial charge in [0.05, 0.1) is 13.2 Å². The standard InChI is InChI=1S/C11H20O6/c1-8(3-2-4-12)11(15,10(13)14)7-9-16-5-6-17-9/h8-9,12,15H,2-7H2,1H3,(H,13,14)/t8-,11-/m1/s1. The lowest BCUT2D eigenvalue weighted by Gasteiger charge is -2.31. The number of aliphatic hydroxyl groups is 2. The van der Waals surface area contributed by atoms with Gasteiger partial charge in [-0.3, -0.25) is 0 Å². The normalized spacial score (nSPS) is 22.3. The van der Waals surface area contributed by atoms with E-state index in [0.717, 1.165) is 0 Å². The highest BCUT2D eigenvalue weighted by molar-refractivity contribution is 5.77. The number of aliphatic hydroxyl groups excluding tert-OH is 1. The van der Waals surface area contributed by atoms with Gasteiger partial charge in [-0.05, 0) is 18.8 Å². The Morgan fingerprint density at radius 2 is 2.06 bits per heavy atom. The molecule has 0 saturated carbocycles. The molecular formula is C11H20O6. The molecule has 3 N–H and O–H groups in total. The van der Waals surface area contributed by atoms with E-state index in [0.29, 0.717) is 26.1 Å². The van der Waals surface area contributed by atoms with Crippen LogP contribution in [-0.4, -0.2) is 53.0 Å². The van der Waals surface area contributed by atoms with Crippen LogP contribution in [0.15, 0.2) is 0 Å². The first-order valence-corrected chi connectivity index (χ1v) is 5.80. The van der Waals surface area contributed by atoms with E-state index < -0.39 is 23.8 Å². The van der Waals surface area contributed by atoms with Crippen molar-refractivity contribution in [1.29, 1.82) is 0 Å². The van der Waals surface area contributed by atoms with Gasteiger partial charge in [0, 0.05) is 13.0 Å². The van der Waals surface area contributed by atoms with E-state index in [1.54, 1.807) is 6.92 Å². The molecule has 0 aliphatic carbocycles. The number of ether oxygens (including phenoxy) is 2. The molecule has 0 spiro atoms. The van der Waals surface area contributed by atoms with E-state index >= 15 is 0 Å². The van der Waals surface area contributed by atoms with E-state index in [9.17, 15) is 9.90 Å². The smallest absolute Gasteiger partial charge is 0.336 e. The van der Waals surface area contributed by atoms with E-state index in [4.69, 9.17) is 19.7 Å². The topological polar surface area (TPSA) is 96.2 Å². The third-order valence-corrected chi connectivity index (χ3v) is 3.15. The predicted octanol–water partition coefficient (Wildman–Crippen LogP) is -0.0263. The van der Waals surface area contributed by atoms with E-state index in [-0.39, 0.29) is 13.0 Å². The third-order valence-electron chi connectivity index (χ3n) is 3.15. The van der Waals surface area contributed by atoms with Crippen LogP contribution in [0.25, 0.3) is 0 Å². The van der Waals surface area contributed by atoms with Gasteiger partial charge in [0.1, 0.15) is 0 Å². The molecule has 0 aromatic heterocycles. The summed E-state index contributed by atoms with van der Waals surface area (Å²) in [5.41, 5.74) is -1.87. The molecule has 2 atom stereocenters. The highest BCUT2D eigenvalue weighted by Crippen LogP contribution is 2.29. The Morgan fingerprint density at radius 3 is 2.53 bits per heavy atom. The lowest BCUT2D eigenvalue weighted by Crippen LogP contribution is -2.47. The highest BCUT2D eigenvalue weighted by Gasteiger charge is 2.44. The van der Waals surface area contributed by atoms with Gasteiger partial charge in [-0.2, -0.15) is 0 Å². The van der Waals surface area contributed by atoms with Crippen molar-refractivity contribution in [2.75, 3.05) is 19.8 Å². The van der Waals surface area contributed by atoms with Crippen molar-refractivity contribution in [3.05, 3.63) is 0 Å². The zero-order chi connectivity index (χ0) is 12.9. The van der Waals surface area contributed by atoms with Crippen molar-refractivity contribution in [2.24, 2.45) is 5.92 Å². The minimum atomic E-state index is -1.87. The lowest BCUT2D eigenvalue weighted by molar-refractivity contribution is -0.178. The molecule has 17 heavy (non-hydrogen) atoms. The number of hydrogen-bond acceptors (Lipinski definition) is 5. The molecule has 0 aromatic rings. The maximum Gasteiger partial charge on any atom is 0.336 e. The summed E-state index contributed by atoms with van der Waals surface area (Å²) in [7, 11) is 0. The van der Waals surface area contributed by atoms with Crippen LogP contribution in [0.5, 0.6) is 0 Å². The molecule has 6 heteroatoms. The molecule has 0 radical (unpaired) electrons. The van der Waals surface area contributed by atoms with Crippen LogP contribution in [0.2, 0.25) is 0 Å². The van der Waals surface area contributed by atoms with Crippen molar-refractivity contribution < 1.29 is 29.6 Å². The molecule has 1 saturated heterocycles. The highest BCUT2D eigenvalue weighted by atomic mass is 16.7. The van der Waals surface area contributed by atoms with Gasteiger partial charge >= 0.3 is 5.97 Å². The summed E-state index contributed by atoms with van der Waals surface area (Å²) in [6.45, 7) is 2.48. The van der Waals surface area contributed by atoms with Crippen LogP contribution in [0, 0.1) is 5.92 Å². The second kappa shape index (κ2) is 6.30. The molecule has 6 nitrogen and oxygen atoms in total. The molecule has 0 unspecified atom stereocenters. The van der Waals surface area contributed by atoms with Crippen molar-refractivity contribution in [1.82, 2.24) is 0 Å². The van der Waals surface area contributed by atoms with Crippen molar-refractivity contribution in [3.63, 3.8) is 0 Å². The molecule has 1 aliphatic rings. The minimum absolute atomic E-state index is 0.0174. The second-order valence-electron chi connectivity index (χ2n) is 4.37. The Balaban J connectivity index is 2.62. The second-order valence-corrected chi connectivity index (χ2v) is 4.37. The molecule has 0 bridgehead atoms. The molecule has 1 rings (SSSR count). The Labute approximate surface area is 100 Å². The number of hydrogen-bond donors (Lipinski definition) is 3. The summed E-state index contributed by atoms with van der Waals surface area (Å²) in [6.07, 6.45) is 0.150. The molecular weight excluding hydrogens is 228 g/mol. The zero-order valence-corrected chi connectivity index (χ0v) is 9.96. The molecule has 100 valence electrons. The van der Waals surface area contributed by atoms with Gasteiger partial charge in [-0.15, -0.1) is 0 Å². The molecule has 1 fully saturated rings. The quantitative estimate of drug-likeness (QED) is 0.585. The number of rotatable bonds is 7. The van der Waals surface area contributed by atoms with Crippen LogP contribution in [0.1, 0.15) is 26.2 Å². The van der Waals surface area contributed by atoms with Gasteiger partial charge in [-0.25, -0.2) is 4.79 Å². The van der Waals surface area contributed by atoms with Crippen LogP contribution >= 0.6 is 0 Å². The fourth-order valence-electron chi connectivity index (χ4n) is 1.91. The molecule has 0 amide bonds. The van der Waals surface area contributed by atoms with Crippen LogP contribution in [-0.2, 0) is 14.3 Å². The number of carbonyl (C=O) groups is 1. The van der Waals surface area contributed by atoms with Gasteiger partial charge in [0.2, 0.25) is 0 Å². The summed E-state index contributed by atoms with van der Waals surface area (Å²) in [5.74, 6) is -1.75. The van der Waals surface area contributed by atoms with E-state index in [1.165, 1.54) is 0 Å². The van der Waals surface area contributed by atoms with Gasteiger partial charge in [0.15, 0.2) is 11.9 Å². The van der Waals surface area contributed by atoms with E-state index in [1.807, 2.05) is 0 Å². The van der Waals surface area contributed by atoms with Crippen molar-refractivity contribution in [2.45, 2.75) is 38.1 Å². The van der Waals surface area contributed by atoms with Gasteiger partial charge < -0.3 is 24.8 Å². The number of carboxylic acids is 1. The van der Waals surface area contributed by atoms with Crippen molar-refractivity contribution >= 4 is 5.97 Å². The largest absolute Gasteiger partial charge is 0.479 e. The molecule has 1 aliphatic heterocycles. The number of carboxylic acid groups (broad SMARTS) is 1. The van der Waals surface area contributed by atoms with Crippen LogP contribution in [0.3, 0.4) is 0 Å². The van der Waals surface area contributed by atoms with Crippen LogP contribution in [0.4, 0.5) is 0 Å². The van der Waals surface area contributed by atoms with Gasteiger partial charge in [0.25, 0.3) is 0 Å². The monoisotopic (exact) mass is 248 g/mol. The minimum Gasteiger partial charge on any atom is -0.479 e. The first kappa shape index (κ1) is 14.4. The fourth-order valence-corrected chi connectivity index (χ4v) is 1.91. The van der Waals surface area contributed by atoms with E-state index in [2.05, 4.69) is 0 Å². The zero-order valence-electron chi connectivity index (χ0n) is 9.96. The molecule has 1 heterocycles. The third kappa shape index (κ3) is 3.64. The summed E-state index contributed by atoms with van der Waals surface area (Å²) in [6, 6.07) is 0. The van der Waals surface area contributed by atoms with Crippen LogP contribution < -0.4 is 0 Å². The summed E-state index contributed by atoms with van der Waals surface area (Å²) >= 11 is 0. The Hall–Kier alpha value is -0.690.